The van der Waals surface area contributed by atoms with Crippen molar-refractivity contribution < 1.29 is 17.9 Å². The van der Waals surface area contributed by atoms with Gasteiger partial charge >= 0.3 is 5.97 Å². The zero-order chi connectivity index (χ0) is 20.1. The molecule has 0 aromatic heterocycles. The third-order valence-electron chi connectivity index (χ3n) is 4.05. The molecule has 2 rings (SSSR count). The summed E-state index contributed by atoms with van der Waals surface area (Å²) in [6.07, 6.45) is 3.41. The molecular formula is C22H28O4S. The first-order valence-corrected chi connectivity index (χ1v) is 10.9. The van der Waals surface area contributed by atoms with Gasteiger partial charge in [0.15, 0.2) is 15.6 Å². The van der Waals surface area contributed by atoms with Crippen LogP contribution in [0.25, 0.3) is 11.1 Å². The molecule has 0 bridgehead atoms. The molecule has 0 aliphatic heterocycles. The Hall–Kier alpha value is -2.14. The number of ether oxygens (including phenoxy) is 1. The second kappa shape index (κ2) is 8.70. The highest BCUT2D eigenvalue weighted by Crippen LogP contribution is 2.23. The van der Waals surface area contributed by atoms with Gasteiger partial charge in [0, 0.05) is 0 Å². The molecule has 146 valence electrons. The second-order valence-electron chi connectivity index (χ2n) is 7.67. The van der Waals surface area contributed by atoms with Crippen LogP contribution in [0.2, 0.25) is 0 Å². The number of aryl methyl sites for hydroxylation is 1. The fourth-order valence-corrected chi connectivity index (χ4v) is 3.80. The van der Waals surface area contributed by atoms with Crippen LogP contribution in [-0.2, 0) is 25.8 Å². The van der Waals surface area contributed by atoms with Gasteiger partial charge in [-0.25, -0.2) is 8.42 Å². The number of hydrogen-bond donors (Lipinski definition) is 0. The molecule has 0 saturated heterocycles. The van der Waals surface area contributed by atoms with E-state index in [2.05, 4.69) is 31.2 Å². The van der Waals surface area contributed by atoms with Gasteiger partial charge in [0.2, 0.25) is 0 Å². The lowest BCUT2D eigenvalue weighted by Crippen LogP contribution is -2.28. The molecule has 0 N–H and O–H groups in total. The predicted octanol–water partition coefficient (Wildman–Crippen LogP) is 4.81. The van der Waals surface area contributed by atoms with E-state index in [0.717, 1.165) is 17.5 Å². The molecule has 0 fully saturated rings. The van der Waals surface area contributed by atoms with Crippen molar-refractivity contribution in [1.29, 1.82) is 0 Å². The Morgan fingerprint density at radius 1 is 0.926 bits per heavy atom. The zero-order valence-corrected chi connectivity index (χ0v) is 17.3. The molecule has 4 nitrogen and oxygen atoms in total. The number of rotatable bonds is 7. The van der Waals surface area contributed by atoms with Crippen molar-refractivity contribution in [2.75, 3.05) is 5.75 Å². The maximum Gasteiger partial charge on any atom is 0.322 e. The van der Waals surface area contributed by atoms with Crippen LogP contribution in [0.15, 0.2) is 53.4 Å². The first-order valence-electron chi connectivity index (χ1n) is 9.25. The van der Waals surface area contributed by atoms with Gasteiger partial charge in [0.25, 0.3) is 0 Å². The Morgan fingerprint density at radius 2 is 1.44 bits per heavy atom. The fraction of sp³-hybridized carbons (Fsp3) is 0.409. The lowest BCUT2D eigenvalue weighted by molar-refractivity contribution is -0.151. The van der Waals surface area contributed by atoms with Crippen LogP contribution in [0.3, 0.4) is 0 Å². The van der Waals surface area contributed by atoms with Gasteiger partial charge in [0.05, 0.1) is 4.90 Å². The van der Waals surface area contributed by atoms with E-state index in [9.17, 15) is 13.2 Å². The van der Waals surface area contributed by atoms with Crippen LogP contribution >= 0.6 is 0 Å². The Labute approximate surface area is 162 Å². The summed E-state index contributed by atoms with van der Waals surface area (Å²) in [7, 11) is -3.72. The van der Waals surface area contributed by atoms with Crippen LogP contribution in [0.5, 0.6) is 0 Å². The number of carbonyl (C=O) groups excluding carboxylic acids is 1. The molecular weight excluding hydrogens is 360 g/mol. The molecule has 0 atom stereocenters. The van der Waals surface area contributed by atoms with E-state index in [1.54, 1.807) is 45.0 Å². The third kappa shape index (κ3) is 6.51. The van der Waals surface area contributed by atoms with Crippen molar-refractivity contribution in [3.63, 3.8) is 0 Å². The molecule has 0 saturated carbocycles. The summed E-state index contributed by atoms with van der Waals surface area (Å²) in [6.45, 7) is 7.30. The van der Waals surface area contributed by atoms with Gasteiger partial charge in [-0.2, -0.15) is 0 Å². The molecule has 27 heavy (non-hydrogen) atoms. The molecule has 5 heteroatoms. The molecule has 2 aromatic rings. The Balaban J connectivity index is 2.10. The van der Waals surface area contributed by atoms with E-state index in [-0.39, 0.29) is 4.90 Å². The maximum absolute atomic E-state index is 12.4. The average molecular weight is 389 g/mol. The summed E-state index contributed by atoms with van der Waals surface area (Å²) < 4.78 is 30.0. The van der Waals surface area contributed by atoms with E-state index in [1.165, 1.54) is 18.4 Å². The van der Waals surface area contributed by atoms with E-state index in [0.29, 0.717) is 0 Å². The summed E-state index contributed by atoms with van der Waals surface area (Å²) in [4.78, 5) is 12.0. The topological polar surface area (TPSA) is 60.4 Å². The van der Waals surface area contributed by atoms with E-state index in [1.807, 2.05) is 0 Å². The maximum atomic E-state index is 12.4. The monoisotopic (exact) mass is 388 g/mol. The van der Waals surface area contributed by atoms with Crippen molar-refractivity contribution in [3.05, 3.63) is 54.1 Å². The van der Waals surface area contributed by atoms with Crippen LogP contribution in [0.4, 0.5) is 0 Å². The SMILES string of the molecule is CCCCc1ccc(-c2ccc(S(=O)(=O)CC(=O)OC(C)(C)C)cc2)cc1. The molecule has 0 aliphatic carbocycles. The predicted molar refractivity (Wildman–Crippen MR) is 108 cm³/mol. The number of unbranched alkanes of at least 4 members (excludes halogenated alkanes) is 1. The lowest BCUT2D eigenvalue weighted by atomic mass is 10.0. The number of sulfone groups is 1. The third-order valence-corrected chi connectivity index (χ3v) is 5.65. The second-order valence-corrected chi connectivity index (χ2v) is 9.66. The van der Waals surface area contributed by atoms with Crippen LogP contribution in [-0.4, -0.2) is 25.7 Å². The van der Waals surface area contributed by atoms with E-state index < -0.39 is 27.2 Å². The number of carbonyl (C=O) groups is 1. The number of benzene rings is 2. The molecule has 0 unspecified atom stereocenters. The summed E-state index contributed by atoms with van der Waals surface area (Å²) in [5, 5.41) is 0. The van der Waals surface area contributed by atoms with E-state index >= 15 is 0 Å². The zero-order valence-electron chi connectivity index (χ0n) is 16.5. The summed E-state index contributed by atoms with van der Waals surface area (Å²) >= 11 is 0. The standard InChI is InChI=1S/C22H28O4S/c1-5-6-7-17-8-10-18(11-9-17)19-12-14-20(15-13-19)27(24,25)16-21(23)26-22(2,3)4/h8-15H,5-7,16H2,1-4H3. The van der Waals surface area contributed by atoms with Crippen molar-refractivity contribution in [3.8, 4) is 11.1 Å². The minimum Gasteiger partial charge on any atom is -0.459 e. The first-order chi connectivity index (χ1) is 12.6. The Bertz CT molecular complexity index is 858. The Morgan fingerprint density at radius 3 is 1.93 bits per heavy atom. The first kappa shape index (κ1) is 21.2. The normalized spacial score (nSPS) is 12.0. The highest BCUT2D eigenvalue weighted by molar-refractivity contribution is 7.92. The van der Waals surface area contributed by atoms with Crippen LogP contribution in [0.1, 0.15) is 46.1 Å². The molecule has 0 spiro atoms. The van der Waals surface area contributed by atoms with Crippen molar-refractivity contribution >= 4 is 15.8 Å². The van der Waals surface area contributed by atoms with Gasteiger partial charge in [-0.05, 0) is 62.4 Å². The van der Waals surface area contributed by atoms with Gasteiger partial charge in [0.1, 0.15) is 5.60 Å². The highest BCUT2D eigenvalue weighted by Gasteiger charge is 2.24. The van der Waals surface area contributed by atoms with Gasteiger partial charge in [-0.1, -0.05) is 49.7 Å². The van der Waals surface area contributed by atoms with Gasteiger partial charge in [-0.3, -0.25) is 4.79 Å². The lowest BCUT2D eigenvalue weighted by Gasteiger charge is -2.19. The van der Waals surface area contributed by atoms with Crippen molar-refractivity contribution in [1.82, 2.24) is 0 Å². The van der Waals surface area contributed by atoms with E-state index in [4.69, 9.17) is 4.74 Å². The summed E-state index contributed by atoms with van der Waals surface area (Å²) in [5.41, 5.74) is 2.57. The van der Waals surface area contributed by atoms with Gasteiger partial charge in [-0.15, -0.1) is 0 Å². The average Bonchev–Trinajstić information content (AvgIpc) is 2.58. The molecule has 0 heterocycles. The highest BCUT2D eigenvalue weighted by atomic mass is 32.2. The Kier molecular flexibility index (Phi) is 6.82. The minimum atomic E-state index is -3.72. The summed E-state index contributed by atoms with van der Waals surface area (Å²) in [5.74, 6) is -1.40. The van der Waals surface area contributed by atoms with Gasteiger partial charge < -0.3 is 4.74 Å². The number of esters is 1. The van der Waals surface area contributed by atoms with Crippen molar-refractivity contribution in [2.45, 2.75) is 57.5 Å². The summed E-state index contributed by atoms with van der Waals surface area (Å²) in [6, 6.07) is 14.9. The molecule has 2 aromatic carbocycles. The smallest absolute Gasteiger partial charge is 0.322 e. The fourth-order valence-electron chi connectivity index (χ4n) is 2.71. The minimum absolute atomic E-state index is 0.122. The largest absolute Gasteiger partial charge is 0.459 e. The van der Waals surface area contributed by atoms with Crippen molar-refractivity contribution in [2.24, 2.45) is 0 Å². The molecule has 0 aliphatic rings. The van der Waals surface area contributed by atoms with Crippen LogP contribution < -0.4 is 0 Å². The molecule has 0 amide bonds. The number of hydrogen-bond acceptors (Lipinski definition) is 4. The molecule has 0 radical (unpaired) electrons. The van der Waals surface area contributed by atoms with Crippen LogP contribution in [0, 0.1) is 0 Å². The quantitative estimate of drug-likeness (QED) is 0.639.